The minimum atomic E-state index is -0.535. The Balaban J connectivity index is 1.56. The van der Waals surface area contributed by atoms with Gasteiger partial charge in [0.25, 0.3) is 5.91 Å². The van der Waals surface area contributed by atoms with Gasteiger partial charge in [-0.15, -0.1) is 0 Å². The molecule has 3 aromatic rings. The predicted octanol–water partition coefficient (Wildman–Crippen LogP) is 4.11. The zero-order valence-electron chi connectivity index (χ0n) is 17.5. The van der Waals surface area contributed by atoms with E-state index in [4.69, 9.17) is 0 Å². The van der Waals surface area contributed by atoms with Crippen LogP contribution in [0.4, 0.5) is 0 Å². The predicted molar refractivity (Wildman–Crippen MR) is 117 cm³/mol. The molecule has 1 saturated heterocycles. The molecule has 0 radical (unpaired) electrons. The number of piperazine rings is 1. The Kier molecular flexibility index (Phi) is 4.61. The molecule has 3 heterocycles. The Hall–Kier alpha value is -3.08. The van der Waals surface area contributed by atoms with E-state index in [0.29, 0.717) is 19.5 Å². The van der Waals surface area contributed by atoms with Crippen molar-refractivity contribution in [1.82, 2.24) is 14.8 Å². The van der Waals surface area contributed by atoms with Crippen LogP contribution in [0, 0.1) is 6.92 Å². The lowest BCUT2D eigenvalue weighted by Gasteiger charge is -2.47. The molecule has 0 spiro atoms. The summed E-state index contributed by atoms with van der Waals surface area (Å²) < 4.78 is 0. The molecule has 0 saturated carbocycles. The van der Waals surface area contributed by atoms with Gasteiger partial charge in [0, 0.05) is 29.6 Å². The Morgan fingerprint density at radius 2 is 1.80 bits per heavy atom. The third kappa shape index (κ3) is 2.92. The molecule has 5 nitrogen and oxygen atoms in total. The number of rotatable bonds is 4. The lowest BCUT2D eigenvalue weighted by molar-refractivity contribution is -0.163. The lowest BCUT2D eigenvalue weighted by atomic mass is 9.89. The highest BCUT2D eigenvalue weighted by Gasteiger charge is 2.48. The number of fused-ring (bicyclic) bond motifs is 4. The number of carbonyl (C=O) groups excluding carboxylic acids is 2. The summed E-state index contributed by atoms with van der Waals surface area (Å²) >= 11 is 0. The van der Waals surface area contributed by atoms with Crippen molar-refractivity contribution < 1.29 is 9.59 Å². The third-order valence-electron chi connectivity index (χ3n) is 6.55. The van der Waals surface area contributed by atoms with Gasteiger partial charge >= 0.3 is 0 Å². The quantitative estimate of drug-likeness (QED) is 0.715. The zero-order chi connectivity index (χ0) is 20.8. The Labute approximate surface area is 176 Å². The molecule has 1 fully saturated rings. The summed E-state index contributed by atoms with van der Waals surface area (Å²) in [4.78, 5) is 34.5. The molecule has 1 N–H and O–H groups in total. The van der Waals surface area contributed by atoms with Crippen LogP contribution in [0.1, 0.15) is 48.2 Å². The number of nitrogens with one attached hydrogen (secondary N) is 1. The van der Waals surface area contributed by atoms with Gasteiger partial charge in [0.05, 0.1) is 6.54 Å². The molecular weight excluding hydrogens is 374 g/mol. The van der Waals surface area contributed by atoms with E-state index in [9.17, 15) is 9.59 Å². The van der Waals surface area contributed by atoms with Gasteiger partial charge in [0.15, 0.2) is 0 Å². The van der Waals surface area contributed by atoms with Crippen LogP contribution in [0.2, 0.25) is 0 Å². The summed E-state index contributed by atoms with van der Waals surface area (Å²) in [6.07, 6.45) is 2.46. The first-order chi connectivity index (χ1) is 14.6. The molecule has 0 bridgehead atoms. The van der Waals surface area contributed by atoms with Gasteiger partial charge in [-0.25, -0.2) is 0 Å². The maximum Gasteiger partial charge on any atom is 0.251 e. The van der Waals surface area contributed by atoms with Crippen LogP contribution in [-0.2, 0) is 22.6 Å². The van der Waals surface area contributed by atoms with E-state index in [1.807, 2.05) is 48.2 Å². The van der Waals surface area contributed by atoms with E-state index >= 15 is 0 Å². The monoisotopic (exact) mass is 401 g/mol. The second-order valence-electron chi connectivity index (χ2n) is 8.51. The SMILES string of the molecule is CCCCN1C(=O)[C@@H]2Cc3c([nH]c4ccccc34)CN2C(=O)[C@@H]1c1ccc(C)cc1. The van der Waals surface area contributed by atoms with Crippen molar-refractivity contribution in [2.45, 2.75) is 51.7 Å². The highest BCUT2D eigenvalue weighted by molar-refractivity contribution is 5.99. The van der Waals surface area contributed by atoms with E-state index in [0.717, 1.165) is 40.6 Å². The summed E-state index contributed by atoms with van der Waals surface area (Å²) in [5, 5.41) is 1.16. The molecule has 30 heavy (non-hydrogen) atoms. The number of hydrogen-bond donors (Lipinski definition) is 1. The number of nitrogens with zero attached hydrogens (tertiary/aromatic N) is 2. The van der Waals surface area contributed by atoms with Gasteiger partial charge in [-0.1, -0.05) is 61.4 Å². The minimum absolute atomic E-state index is 0.0314. The van der Waals surface area contributed by atoms with Crippen molar-refractivity contribution in [2.75, 3.05) is 6.54 Å². The van der Waals surface area contributed by atoms with Crippen molar-refractivity contribution >= 4 is 22.7 Å². The van der Waals surface area contributed by atoms with Crippen LogP contribution < -0.4 is 0 Å². The first-order valence-electron chi connectivity index (χ1n) is 10.8. The van der Waals surface area contributed by atoms with E-state index in [2.05, 4.69) is 24.0 Å². The number of aryl methyl sites for hydroxylation is 1. The maximum absolute atomic E-state index is 13.7. The average molecular weight is 402 g/mol. The van der Waals surface area contributed by atoms with Gasteiger partial charge < -0.3 is 14.8 Å². The molecule has 2 amide bonds. The van der Waals surface area contributed by atoms with Gasteiger partial charge in [0.2, 0.25) is 5.91 Å². The lowest BCUT2D eigenvalue weighted by Crippen LogP contribution is -2.62. The Morgan fingerprint density at radius 3 is 2.57 bits per heavy atom. The molecule has 2 atom stereocenters. The molecule has 154 valence electrons. The van der Waals surface area contributed by atoms with Crippen LogP contribution in [0.3, 0.4) is 0 Å². The number of para-hydroxylation sites is 1. The van der Waals surface area contributed by atoms with E-state index < -0.39 is 12.1 Å². The summed E-state index contributed by atoms with van der Waals surface area (Å²) in [5.41, 5.74) is 5.35. The smallest absolute Gasteiger partial charge is 0.251 e. The van der Waals surface area contributed by atoms with Gasteiger partial charge in [0.1, 0.15) is 12.1 Å². The van der Waals surface area contributed by atoms with Gasteiger partial charge in [-0.2, -0.15) is 0 Å². The second-order valence-corrected chi connectivity index (χ2v) is 8.51. The summed E-state index contributed by atoms with van der Waals surface area (Å²) in [5.74, 6) is 0.105. The number of hydrogen-bond acceptors (Lipinski definition) is 2. The number of benzene rings is 2. The molecule has 5 rings (SSSR count). The molecule has 2 aliphatic heterocycles. The fraction of sp³-hybridized carbons (Fsp3) is 0.360. The van der Waals surface area contributed by atoms with Crippen molar-refractivity contribution in [3.63, 3.8) is 0 Å². The minimum Gasteiger partial charge on any atom is -0.357 e. The molecule has 5 heteroatoms. The van der Waals surface area contributed by atoms with Crippen LogP contribution in [-0.4, -0.2) is 39.2 Å². The number of H-pyrrole nitrogens is 1. The highest BCUT2D eigenvalue weighted by atomic mass is 16.2. The van der Waals surface area contributed by atoms with Crippen LogP contribution in [0.25, 0.3) is 10.9 Å². The molecule has 2 aliphatic rings. The fourth-order valence-corrected chi connectivity index (χ4v) is 4.91. The number of amides is 2. The highest BCUT2D eigenvalue weighted by Crippen LogP contribution is 2.37. The number of aromatic nitrogens is 1. The topological polar surface area (TPSA) is 56.4 Å². The molecular formula is C25H27N3O2. The standard InChI is InChI=1S/C25H27N3O2/c1-3-4-13-27-23(17-11-9-16(2)10-12-17)25(30)28-15-21-19(14-22(28)24(27)29)18-7-5-6-8-20(18)26-21/h5-12,22-23,26H,3-4,13-15H2,1-2H3/t22-,23-/m0/s1. The fourth-order valence-electron chi connectivity index (χ4n) is 4.91. The zero-order valence-corrected chi connectivity index (χ0v) is 17.5. The number of unbranched alkanes of at least 4 members (excludes halogenated alkanes) is 1. The molecule has 0 aliphatic carbocycles. The van der Waals surface area contributed by atoms with Crippen LogP contribution >= 0.6 is 0 Å². The normalized spacial score (nSPS) is 21.1. The van der Waals surface area contributed by atoms with Crippen molar-refractivity contribution in [2.24, 2.45) is 0 Å². The Bertz CT molecular complexity index is 1120. The first-order valence-corrected chi connectivity index (χ1v) is 10.8. The third-order valence-corrected chi connectivity index (χ3v) is 6.55. The van der Waals surface area contributed by atoms with E-state index in [-0.39, 0.29) is 11.8 Å². The molecule has 2 aromatic carbocycles. The van der Waals surface area contributed by atoms with Crippen LogP contribution in [0.5, 0.6) is 0 Å². The summed E-state index contributed by atoms with van der Waals surface area (Å²) in [6.45, 7) is 5.22. The van der Waals surface area contributed by atoms with Crippen molar-refractivity contribution in [3.05, 3.63) is 70.9 Å². The average Bonchev–Trinajstić information content (AvgIpc) is 3.13. The van der Waals surface area contributed by atoms with Crippen molar-refractivity contribution in [3.8, 4) is 0 Å². The number of carbonyl (C=O) groups is 2. The van der Waals surface area contributed by atoms with Crippen molar-refractivity contribution in [1.29, 1.82) is 0 Å². The second kappa shape index (κ2) is 7.31. The number of aromatic amines is 1. The first kappa shape index (κ1) is 18.9. The maximum atomic E-state index is 13.7. The van der Waals surface area contributed by atoms with Gasteiger partial charge in [-0.3, -0.25) is 9.59 Å². The van der Waals surface area contributed by atoms with E-state index in [1.54, 1.807) is 4.90 Å². The largest absolute Gasteiger partial charge is 0.357 e. The van der Waals surface area contributed by atoms with Gasteiger partial charge in [-0.05, 0) is 30.5 Å². The summed E-state index contributed by atoms with van der Waals surface area (Å²) in [6, 6.07) is 15.2. The molecule has 0 unspecified atom stereocenters. The summed E-state index contributed by atoms with van der Waals surface area (Å²) in [7, 11) is 0. The van der Waals surface area contributed by atoms with Crippen LogP contribution in [0.15, 0.2) is 48.5 Å². The Morgan fingerprint density at radius 1 is 1.03 bits per heavy atom. The van der Waals surface area contributed by atoms with E-state index in [1.165, 1.54) is 5.56 Å². The molecule has 1 aromatic heterocycles.